The fourth-order valence-corrected chi connectivity index (χ4v) is 4.83. The lowest BCUT2D eigenvalue weighted by Gasteiger charge is -2.12. The lowest BCUT2D eigenvalue weighted by Crippen LogP contribution is -2.22. The number of aromatic nitrogens is 3. The lowest BCUT2D eigenvalue weighted by atomic mass is 10.1. The van der Waals surface area contributed by atoms with E-state index in [0.717, 1.165) is 34.3 Å². The molecule has 0 bridgehead atoms. The maximum atomic E-state index is 13.5. The van der Waals surface area contributed by atoms with Gasteiger partial charge >= 0.3 is 0 Å². The molecule has 0 unspecified atom stereocenters. The van der Waals surface area contributed by atoms with Crippen LogP contribution >= 0.6 is 11.3 Å². The molecular formula is C22H22N4O4S. The number of methoxy groups -OCH3 is 1. The van der Waals surface area contributed by atoms with Crippen molar-refractivity contribution < 1.29 is 9.66 Å². The molecule has 3 aromatic heterocycles. The van der Waals surface area contributed by atoms with E-state index in [1.54, 1.807) is 23.8 Å². The number of rotatable bonds is 7. The Morgan fingerprint density at radius 2 is 1.97 bits per heavy atom. The van der Waals surface area contributed by atoms with E-state index < -0.39 is 4.92 Å². The van der Waals surface area contributed by atoms with Crippen LogP contribution in [-0.4, -0.2) is 26.6 Å². The molecule has 0 spiro atoms. The zero-order valence-electron chi connectivity index (χ0n) is 17.5. The zero-order chi connectivity index (χ0) is 22.1. The summed E-state index contributed by atoms with van der Waals surface area (Å²) < 4.78 is 7.60. The number of nitro groups is 1. The van der Waals surface area contributed by atoms with Crippen LogP contribution in [-0.2, 0) is 17.9 Å². The fourth-order valence-electron chi connectivity index (χ4n) is 3.68. The normalized spacial score (nSPS) is 11.5. The van der Waals surface area contributed by atoms with Gasteiger partial charge in [-0.2, -0.15) is 0 Å². The van der Waals surface area contributed by atoms with Crippen LogP contribution in [0.2, 0.25) is 0 Å². The monoisotopic (exact) mass is 438 g/mol. The second-order valence-corrected chi connectivity index (χ2v) is 8.36. The summed E-state index contributed by atoms with van der Waals surface area (Å²) in [6.45, 7) is 4.89. The second-order valence-electron chi connectivity index (χ2n) is 7.37. The van der Waals surface area contributed by atoms with E-state index in [-0.39, 0.29) is 11.2 Å². The Balaban J connectivity index is 2.04. The van der Waals surface area contributed by atoms with Gasteiger partial charge in [0.2, 0.25) is 0 Å². The number of nitrogens with zero attached hydrogens (tertiary/aromatic N) is 4. The molecule has 0 amide bonds. The highest BCUT2D eigenvalue weighted by Crippen LogP contribution is 2.34. The fraction of sp³-hybridized carbons (Fsp3) is 0.318. The average molecular weight is 439 g/mol. The molecule has 4 rings (SSSR count). The van der Waals surface area contributed by atoms with Crippen LogP contribution in [0.25, 0.3) is 31.8 Å². The number of hydrogen-bond donors (Lipinski definition) is 0. The summed E-state index contributed by atoms with van der Waals surface area (Å²) in [5.41, 5.74) is 2.93. The molecular weight excluding hydrogens is 416 g/mol. The number of nitro benzene ring substituents is 1. The van der Waals surface area contributed by atoms with Gasteiger partial charge in [0.05, 0.1) is 17.0 Å². The molecule has 31 heavy (non-hydrogen) atoms. The highest BCUT2D eigenvalue weighted by Gasteiger charge is 2.20. The lowest BCUT2D eigenvalue weighted by molar-refractivity contribution is -0.384. The van der Waals surface area contributed by atoms with Crippen LogP contribution in [0.3, 0.4) is 0 Å². The van der Waals surface area contributed by atoms with Gasteiger partial charge in [0.25, 0.3) is 11.2 Å². The number of ether oxygens (including phenoxy) is 1. The molecule has 4 aromatic rings. The van der Waals surface area contributed by atoms with E-state index in [2.05, 4.69) is 11.9 Å². The maximum absolute atomic E-state index is 13.5. The minimum Gasteiger partial charge on any atom is -0.380 e. The van der Waals surface area contributed by atoms with E-state index in [1.165, 1.54) is 23.5 Å². The number of fused-ring (bicyclic) bond motifs is 3. The molecule has 0 atom stereocenters. The maximum Gasteiger partial charge on any atom is 0.271 e. The van der Waals surface area contributed by atoms with E-state index in [9.17, 15) is 14.9 Å². The van der Waals surface area contributed by atoms with Crippen molar-refractivity contribution in [3.05, 3.63) is 62.1 Å². The first-order chi connectivity index (χ1) is 14.9. The smallest absolute Gasteiger partial charge is 0.271 e. The van der Waals surface area contributed by atoms with Crippen molar-refractivity contribution in [2.24, 2.45) is 0 Å². The van der Waals surface area contributed by atoms with Crippen molar-refractivity contribution >= 4 is 37.5 Å². The third-order valence-corrected chi connectivity index (χ3v) is 6.19. The number of non-ortho nitro benzene ring substituents is 1. The third-order valence-electron chi connectivity index (χ3n) is 5.13. The van der Waals surface area contributed by atoms with Crippen molar-refractivity contribution in [1.82, 2.24) is 14.5 Å². The zero-order valence-corrected chi connectivity index (χ0v) is 18.4. The quantitative estimate of drug-likeness (QED) is 0.302. The average Bonchev–Trinajstić information content (AvgIpc) is 3.12. The Hall–Kier alpha value is -3.17. The summed E-state index contributed by atoms with van der Waals surface area (Å²) in [4.78, 5) is 34.4. The number of hydrogen-bond acceptors (Lipinski definition) is 7. The minimum absolute atomic E-state index is 0.00433. The first kappa shape index (κ1) is 21.1. The van der Waals surface area contributed by atoms with Gasteiger partial charge in [0.15, 0.2) is 0 Å². The first-order valence-electron chi connectivity index (χ1n) is 10.0. The van der Waals surface area contributed by atoms with Gasteiger partial charge in [0.1, 0.15) is 15.4 Å². The molecule has 0 saturated carbocycles. The van der Waals surface area contributed by atoms with E-state index in [0.29, 0.717) is 34.8 Å². The van der Waals surface area contributed by atoms with Gasteiger partial charge < -0.3 is 4.74 Å². The van der Waals surface area contributed by atoms with Crippen LogP contribution in [0.1, 0.15) is 31.0 Å². The predicted molar refractivity (Wildman–Crippen MR) is 122 cm³/mol. The largest absolute Gasteiger partial charge is 0.380 e. The Morgan fingerprint density at radius 3 is 2.61 bits per heavy atom. The summed E-state index contributed by atoms with van der Waals surface area (Å²) in [6, 6.07) is 8.10. The number of benzene rings is 1. The van der Waals surface area contributed by atoms with E-state index >= 15 is 0 Å². The van der Waals surface area contributed by atoms with Gasteiger partial charge in [-0.15, -0.1) is 11.3 Å². The number of pyridine rings is 1. The van der Waals surface area contributed by atoms with Gasteiger partial charge in [-0.3, -0.25) is 19.5 Å². The number of thiophene rings is 1. The molecule has 160 valence electrons. The van der Waals surface area contributed by atoms with Crippen molar-refractivity contribution in [3.8, 4) is 11.4 Å². The molecule has 0 radical (unpaired) electrons. The standard InChI is InChI=1S/C22H22N4O4S/c1-4-5-10-25-20(14-6-8-16(9-7-14)26(28)29)24-18-17-15(12-30-3)11-13(2)23-21(17)31-19(18)22(25)27/h6-9,11H,4-5,10,12H2,1-3H3. The van der Waals surface area contributed by atoms with Crippen molar-refractivity contribution in [2.75, 3.05) is 7.11 Å². The van der Waals surface area contributed by atoms with Crippen LogP contribution < -0.4 is 5.56 Å². The molecule has 0 aliphatic rings. The summed E-state index contributed by atoms with van der Waals surface area (Å²) in [7, 11) is 1.63. The Kier molecular flexibility index (Phi) is 5.79. The SMILES string of the molecule is CCCCn1c(-c2ccc([N+](=O)[O-])cc2)nc2c(sc3nc(C)cc(COC)c32)c1=O. The Bertz CT molecular complexity index is 1340. The topological polar surface area (TPSA) is 100 Å². The Labute approximate surface area is 182 Å². The molecule has 9 heteroatoms. The highest BCUT2D eigenvalue weighted by molar-refractivity contribution is 7.25. The second kappa shape index (κ2) is 8.52. The Morgan fingerprint density at radius 1 is 1.23 bits per heavy atom. The first-order valence-corrected chi connectivity index (χ1v) is 10.8. The molecule has 0 aliphatic heterocycles. The minimum atomic E-state index is -0.442. The van der Waals surface area contributed by atoms with E-state index in [4.69, 9.17) is 9.72 Å². The van der Waals surface area contributed by atoms with Gasteiger partial charge in [0, 0.05) is 42.4 Å². The number of unbranched alkanes of at least 4 members (excludes halogenated alkanes) is 1. The summed E-state index contributed by atoms with van der Waals surface area (Å²) in [5.74, 6) is 0.504. The van der Waals surface area contributed by atoms with Gasteiger partial charge in [-0.1, -0.05) is 13.3 Å². The molecule has 0 aliphatic carbocycles. The van der Waals surface area contributed by atoms with Crippen LogP contribution in [0.4, 0.5) is 5.69 Å². The van der Waals surface area contributed by atoms with Crippen molar-refractivity contribution in [3.63, 3.8) is 0 Å². The predicted octanol–water partition coefficient (Wildman–Crippen LogP) is 4.84. The van der Waals surface area contributed by atoms with Crippen LogP contribution in [0, 0.1) is 17.0 Å². The van der Waals surface area contributed by atoms with Gasteiger partial charge in [-0.05, 0) is 37.1 Å². The summed E-state index contributed by atoms with van der Waals surface area (Å²) >= 11 is 1.35. The highest BCUT2D eigenvalue weighted by atomic mass is 32.1. The molecule has 0 N–H and O–H groups in total. The summed E-state index contributed by atoms with van der Waals surface area (Å²) in [6.07, 6.45) is 1.75. The van der Waals surface area contributed by atoms with Crippen LogP contribution in [0.5, 0.6) is 0 Å². The molecule has 8 nitrogen and oxygen atoms in total. The van der Waals surface area contributed by atoms with Crippen LogP contribution in [0.15, 0.2) is 35.1 Å². The molecule has 3 heterocycles. The third kappa shape index (κ3) is 3.82. The molecule has 0 fully saturated rings. The van der Waals surface area contributed by atoms with Crippen molar-refractivity contribution in [1.29, 1.82) is 0 Å². The van der Waals surface area contributed by atoms with E-state index in [1.807, 2.05) is 13.0 Å². The summed E-state index contributed by atoms with van der Waals surface area (Å²) in [5, 5.41) is 11.9. The molecule has 1 aromatic carbocycles. The van der Waals surface area contributed by atoms with Crippen molar-refractivity contribution in [2.45, 2.75) is 39.8 Å². The van der Waals surface area contributed by atoms with Gasteiger partial charge in [-0.25, -0.2) is 9.97 Å². The number of aryl methyl sites for hydroxylation is 1. The molecule has 0 saturated heterocycles.